The Morgan fingerprint density at radius 2 is 1.75 bits per heavy atom. The summed E-state index contributed by atoms with van der Waals surface area (Å²) in [6.07, 6.45) is 0. The molecule has 0 saturated carbocycles. The molecular formula is C24H24Cl2N2O3S. The molecule has 1 aliphatic heterocycles. The number of rotatable bonds is 6. The molecule has 0 N–H and O–H groups in total. The maximum absolute atomic E-state index is 12.9. The standard InChI is InChI=1S/C24H24Cl2N2O3S/c1-17-6-7-19(25)14-22(17)27-10-12-28(13-11-27)24(29)23-9-8-20(31-23)16-32(30)15-18-4-2-3-5-21(18)26/h2-9,14H,10-13,15-16H2,1H3/t32-/m0/s1. The Bertz CT molecular complexity index is 1140. The number of aryl methyl sites for hydroxylation is 1. The van der Waals surface area contributed by atoms with Crippen molar-refractivity contribution in [1.29, 1.82) is 0 Å². The Morgan fingerprint density at radius 1 is 1.00 bits per heavy atom. The number of carbonyl (C=O) groups excluding carboxylic acids is 1. The zero-order valence-corrected chi connectivity index (χ0v) is 20.1. The van der Waals surface area contributed by atoms with Crippen LogP contribution in [0.4, 0.5) is 5.69 Å². The minimum Gasteiger partial charge on any atom is -0.455 e. The molecular weight excluding hydrogens is 467 g/mol. The lowest BCUT2D eigenvalue weighted by atomic mass is 10.1. The van der Waals surface area contributed by atoms with Gasteiger partial charge in [0.15, 0.2) is 5.76 Å². The molecule has 2 aromatic carbocycles. The highest BCUT2D eigenvalue weighted by molar-refractivity contribution is 7.83. The van der Waals surface area contributed by atoms with Gasteiger partial charge < -0.3 is 14.2 Å². The second-order valence-corrected chi connectivity index (χ2v) is 10.1. The van der Waals surface area contributed by atoms with E-state index in [4.69, 9.17) is 27.6 Å². The van der Waals surface area contributed by atoms with Crippen molar-refractivity contribution in [3.8, 4) is 0 Å². The average molecular weight is 491 g/mol. The van der Waals surface area contributed by atoms with Gasteiger partial charge in [-0.05, 0) is 48.4 Å². The van der Waals surface area contributed by atoms with Gasteiger partial charge in [-0.2, -0.15) is 0 Å². The first-order valence-corrected chi connectivity index (χ1v) is 12.6. The molecule has 0 radical (unpaired) electrons. The monoisotopic (exact) mass is 490 g/mol. The third-order valence-electron chi connectivity index (χ3n) is 5.53. The van der Waals surface area contributed by atoms with Crippen LogP contribution in [0.15, 0.2) is 59.0 Å². The number of benzene rings is 2. The van der Waals surface area contributed by atoms with Crippen LogP contribution in [-0.2, 0) is 22.3 Å². The maximum atomic E-state index is 12.9. The fourth-order valence-corrected chi connectivity index (χ4v) is 5.42. The van der Waals surface area contributed by atoms with Crippen molar-refractivity contribution in [2.75, 3.05) is 31.1 Å². The minimum absolute atomic E-state index is 0.143. The van der Waals surface area contributed by atoms with Gasteiger partial charge in [0.1, 0.15) is 5.76 Å². The Kier molecular flexibility index (Phi) is 7.23. The number of hydrogen-bond acceptors (Lipinski definition) is 4. The molecule has 8 heteroatoms. The van der Waals surface area contributed by atoms with Crippen LogP contribution in [-0.4, -0.2) is 41.2 Å². The molecule has 2 heterocycles. The van der Waals surface area contributed by atoms with Crippen molar-refractivity contribution in [3.63, 3.8) is 0 Å². The summed E-state index contributed by atoms with van der Waals surface area (Å²) in [5.41, 5.74) is 3.10. The molecule has 1 atom stereocenters. The molecule has 1 fully saturated rings. The molecule has 4 rings (SSSR count). The SMILES string of the molecule is Cc1ccc(Cl)cc1N1CCN(C(=O)c2ccc(C[S@@](=O)Cc3ccccc3Cl)o2)CC1. The zero-order chi connectivity index (χ0) is 22.7. The molecule has 0 spiro atoms. The van der Waals surface area contributed by atoms with E-state index in [9.17, 15) is 9.00 Å². The smallest absolute Gasteiger partial charge is 0.289 e. The lowest BCUT2D eigenvalue weighted by Gasteiger charge is -2.36. The van der Waals surface area contributed by atoms with Crippen molar-refractivity contribution < 1.29 is 13.4 Å². The van der Waals surface area contributed by atoms with Gasteiger partial charge in [0.25, 0.3) is 5.91 Å². The zero-order valence-electron chi connectivity index (χ0n) is 17.7. The van der Waals surface area contributed by atoms with E-state index >= 15 is 0 Å². The van der Waals surface area contributed by atoms with Crippen molar-refractivity contribution >= 4 is 45.6 Å². The predicted octanol–water partition coefficient (Wildman–Crippen LogP) is 5.31. The first-order chi connectivity index (χ1) is 15.4. The Labute approximate surface area is 200 Å². The predicted molar refractivity (Wildman–Crippen MR) is 130 cm³/mol. The highest BCUT2D eigenvalue weighted by Gasteiger charge is 2.25. The molecule has 0 bridgehead atoms. The number of anilines is 1. The topological polar surface area (TPSA) is 53.8 Å². The Hall–Kier alpha value is -2.28. The normalized spacial score (nSPS) is 15.1. The number of hydrogen-bond donors (Lipinski definition) is 0. The van der Waals surface area contributed by atoms with Gasteiger partial charge >= 0.3 is 0 Å². The van der Waals surface area contributed by atoms with E-state index in [0.717, 1.165) is 29.9 Å². The fraction of sp³-hybridized carbons (Fsp3) is 0.292. The molecule has 168 valence electrons. The molecule has 32 heavy (non-hydrogen) atoms. The van der Waals surface area contributed by atoms with Crippen molar-refractivity contribution in [1.82, 2.24) is 4.90 Å². The van der Waals surface area contributed by atoms with Gasteiger partial charge in [0.05, 0.1) is 11.5 Å². The lowest BCUT2D eigenvalue weighted by molar-refractivity contribution is 0.0713. The van der Waals surface area contributed by atoms with E-state index < -0.39 is 10.8 Å². The first kappa shape index (κ1) is 22.9. The number of piperazine rings is 1. The number of furan rings is 1. The Morgan fingerprint density at radius 3 is 2.50 bits per heavy atom. The van der Waals surface area contributed by atoms with Crippen LogP contribution < -0.4 is 4.90 Å². The van der Waals surface area contributed by atoms with Gasteiger partial charge in [-0.1, -0.05) is 47.5 Å². The highest BCUT2D eigenvalue weighted by Crippen LogP contribution is 2.26. The van der Waals surface area contributed by atoms with Crippen LogP contribution in [0, 0.1) is 6.92 Å². The third-order valence-corrected chi connectivity index (χ3v) is 7.37. The Balaban J connectivity index is 1.33. The maximum Gasteiger partial charge on any atom is 0.289 e. The number of amides is 1. The summed E-state index contributed by atoms with van der Waals surface area (Å²) < 4.78 is 18.3. The van der Waals surface area contributed by atoms with E-state index in [1.807, 2.05) is 36.4 Å². The highest BCUT2D eigenvalue weighted by atomic mass is 35.5. The van der Waals surface area contributed by atoms with Gasteiger partial charge in [0, 0.05) is 52.7 Å². The van der Waals surface area contributed by atoms with Gasteiger partial charge in [-0.25, -0.2) is 0 Å². The van der Waals surface area contributed by atoms with E-state index in [2.05, 4.69) is 11.8 Å². The molecule has 0 unspecified atom stereocenters. The van der Waals surface area contributed by atoms with Crippen LogP contribution in [0.1, 0.15) is 27.4 Å². The number of nitrogens with zero attached hydrogens (tertiary/aromatic N) is 2. The summed E-state index contributed by atoms with van der Waals surface area (Å²) in [5.74, 6) is 1.25. The molecule has 5 nitrogen and oxygen atoms in total. The van der Waals surface area contributed by atoms with Crippen LogP contribution >= 0.6 is 23.2 Å². The molecule has 1 aromatic heterocycles. The summed E-state index contributed by atoms with van der Waals surface area (Å²) in [6.45, 7) is 4.70. The van der Waals surface area contributed by atoms with Crippen LogP contribution in [0.5, 0.6) is 0 Å². The molecule has 1 saturated heterocycles. The van der Waals surface area contributed by atoms with Crippen LogP contribution in [0.25, 0.3) is 0 Å². The van der Waals surface area contributed by atoms with Crippen molar-refractivity contribution in [2.24, 2.45) is 0 Å². The molecule has 0 aliphatic carbocycles. The quantitative estimate of drug-likeness (QED) is 0.469. The van der Waals surface area contributed by atoms with Crippen LogP contribution in [0.2, 0.25) is 10.0 Å². The molecule has 1 aliphatic rings. The van der Waals surface area contributed by atoms with Crippen molar-refractivity contribution in [2.45, 2.75) is 18.4 Å². The molecule has 3 aromatic rings. The second-order valence-electron chi connectivity index (χ2n) is 7.80. The third kappa shape index (κ3) is 5.37. The van der Waals surface area contributed by atoms with Gasteiger partial charge in [-0.3, -0.25) is 9.00 Å². The van der Waals surface area contributed by atoms with Crippen molar-refractivity contribution in [3.05, 3.63) is 87.3 Å². The average Bonchev–Trinajstić information content (AvgIpc) is 3.25. The number of halogens is 2. The summed E-state index contributed by atoms with van der Waals surface area (Å²) in [4.78, 5) is 16.9. The number of carbonyl (C=O) groups is 1. The van der Waals surface area contributed by atoms with Gasteiger partial charge in [-0.15, -0.1) is 0 Å². The summed E-state index contributed by atoms with van der Waals surface area (Å²) in [5, 5.41) is 1.31. The van der Waals surface area contributed by atoms with E-state index in [-0.39, 0.29) is 17.4 Å². The lowest BCUT2D eigenvalue weighted by Crippen LogP contribution is -2.48. The fourth-order valence-electron chi connectivity index (χ4n) is 3.80. The van der Waals surface area contributed by atoms with Crippen LogP contribution in [0.3, 0.4) is 0 Å². The minimum atomic E-state index is -1.19. The summed E-state index contributed by atoms with van der Waals surface area (Å²) >= 11 is 12.3. The van der Waals surface area contributed by atoms with E-state index in [0.29, 0.717) is 34.6 Å². The molecule has 1 amide bonds. The van der Waals surface area contributed by atoms with E-state index in [1.54, 1.807) is 23.1 Å². The summed E-state index contributed by atoms with van der Waals surface area (Å²) in [6, 6.07) is 16.6. The van der Waals surface area contributed by atoms with E-state index in [1.165, 1.54) is 0 Å². The summed E-state index contributed by atoms with van der Waals surface area (Å²) in [7, 11) is -1.19. The largest absolute Gasteiger partial charge is 0.455 e. The first-order valence-electron chi connectivity index (χ1n) is 10.4. The van der Waals surface area contributed by atoms with Gasteiger partial charge in [0.2, 0.25) is 0 Å². The second kappa shape index (κ2) is 10.1.